The van der Waals surface area contributed by atoms with Gasteiger partial charge in [-0.25, -0.2) is 0 Å². The van der Waals surface area contributed by atoms with Crippen molar-refractivity contribution < 1.29 is 22.9 Å². The maximum Gasteiger partial charge on any atom is 0.417 e. The lowest BCUT2D eigenvalue weighted by Gasteiger charge is -2.11. The van der Waals surface area contributed by atoms with Crippen molar-refractivity contribution >= 4 is 17.2 Å². The summed E-state index contributed by atoms with van der Waals surface area (Å²) in [6, 6.07) is 1.31. The molecule has 0 radical (unpaired) electrons. The molecule has 0 saturated carbocycles. The number of alkyl halides is 3. The first-order valence-electron chi connectivity index (χ1n) is 4.31. The predicted octanol–water partition coefficient (Wildman–Crippen LogP) is 2.40. The van der Waals surface area contributed by atoms with Crippen LogP contribution in [0.1, 0.15) is 22.8 Å². The largest absolute Gasteiger partial charge is 0.417 e. The number of carbonyl (C=O) groups excluding carboxylic acids is 1. The van der Waals surface area contributed by atoms with Gasteiger partial charge >= 0.3 is 11.9 Å². The van der Waals surface area contributed by atoms with Crippen LogP contribution in [0.4, 0.5) is 24.5 Å². The van der Waals surface area contributed by atoms with E-state index in [1.54, 1.807) is 0 Å². The Balaban J connectivity index is 3.72. The number of hydrogen-bond acceptors (Lipinski definition) is 4. The molecule has 0 aliphatic rings. The molecule has 0 amide bonds. The molecule has 0 aliphatic carbocycles. The first-order valence-corrected chi connectivity index (χ1v) is 4.31. The van der Waals surface area contributed by atoms with Crippen LogP contribution >= 0.6 is 0 Å². The Kier molecular flexibility index (Phi) is 3.08. The van der Waals surface area contributed by atoms with Gasteiger partial charge in [0.05, 0.1) is 10.5 Å². The van der Waals surface area contributed by atoms with E-state index >= 15 is 0 Å². The Morgan fingerprint density at radius 1 is 1.41 bits per heavy atom. The zero-order valence-corrected chi connectivity index (χ0v) is 8.54. The highest BCUT2D eigenvalue weighted by Crippen LogP contribution is 2.38. The molecule has 0 saturated heterocycles. The normalized spacial score (nSPS) is 11.3. The molecule has 0 atom stereocenters. The highest BCUT2D eigenvalue weighted by Gasteiger charge is 2.39. The van der Waals surface area contributed by atoms with Crippen molar-refractivity contribution in [3.63, 3.8) is 0 Å². The molecule has 2 N–H and O–H groups in total. The van der Waals surface area contributed by atoms with Gasteiger partial charge in [0.2, 0.25) is 0 Å². The summed E-state index contributed by atoms with van der Waals surface area (Å²) < 4.78 is 37.7. The molecule has 0 aromatic heterocycles. The molecular weight excluding hydrogens is 241 g/mol. The van der Waals surface area contributed by atoms with E-state index in [1.165, 1.54) is 0 Å². The molecule has 92 valence electrons. The molecule has 0 spiro atoms. The summed E-state index contributed by atoms with van der Waals surface area (Å²) in [7, 11) is 0. The Hall–Kier alpha value is -2.12. The minimum atomic E-state index is -4.85. The molecule has 5 nitrogen and oxygen atoms in total. The van der Waals surface area contributed by atoms with E-state index in [-0.39, 0.29) is 0 Å². The van der Waals surface area contributed by atoms with Crippen LogP contribution in [-0.2, 0) is 6.18 Å². The second-order valence-corrected chi connectivity index (χ2v) is 3.24. The van der Waals surface area contributed by atoms with Gasteiger partial charge in [0.15, 0.2) is 5.78 Å². The van der Waals surface area contributed by atoms with E-state index < -0.39 is 39.4 Å². The number of carbonyl (C=O) groups is 1. The van der Waals surface area contributed by atoms with Crippen molar-refractivity contribution in [2.75, 3.05) is 5.73 Å². The van der Waals surface area contributed by atoms with Gasteiger partial charge in [-0.1, -0.05) is 0 Å². The number of anilines is 1. The minimum absolute atomic E-state index is 0.479. The van der Waals surface area contributed by atoms with E-state index in [9.17, 15) is 28.1 Å². The van der Waals surface area contributed by atoms with Crippen LogP contribution < -0.4 is 5.73 Å². The third-order valence-electron chi connectivity index (χ3n) is 2.05. The first kappa shape index (κ1) is 12.9. The first-order chi connectivity index (χ1) is 7.66. The number of ketones is 1. The number of benzene rings is 1. The van der Waals surface area contributed by atoms with E-state index in [2.05, 4.69) is 0 Å². The topological polar surface area (TPSA) is 86.2 Å². The Labute approximate surface area is 93.2 Å². The summed E-state index contributed by atoms with van der Waals surface area (Å²) in [6.07, 6.45) is -4.85. The molecule has 0 heterocycles. The van der Waals surface area contributed by atoms with Crippen LogP contribution in [-0.4, -0.2) is 10.7 Å². The Morgan fingerprint density at radius 2 is 1.94 bits per heavy atom. The van der Waals surface area contributed by atoms with Crippen molar-refractivity contribution in [3.8, 4) is 0 Å². The van der Waals surface area contributed by atoms with E-state index in [0.29, 0.717) is 6.07 Å². The van der Waals surface area contributed by atoms with E-state index in [4.69, 9.17) is 5.73 Å². The third kappa shape index (κ3) is 2.35. The van der Waals surface area contributed by atoms with E-state index in [0.717, 1.165) is 13.0 Å². The highest BCUT2D eigenvalue weighted by molar-refractivity contribution is 6.01. The fourth-order valence-corrected chi connectivity index (χ4v) is 1.40. The molecule has 1 rings (SSSR count). The summed E-state index contributed by atoms with van der Waals surface area (Å²) in [6.45, 7) is 0.816. The number of nitrogens with two attached hydrogens (primary N) is 1. The number of Topliss-reactive ketones (excluding diaryl/α,β-unsaturated/α-hetero) is 1. The van der Waals surface area contributed by atoms with Gasteiger partial charge < -0.3 is 5.73 Å². The molecule has 1 aromatic carbocycles. The molecule has 8 heteroatoms. The lowest BCUT2D eigenvalue weighted by Crippen LogP contribution is -2.15. The summed E-state index contributed by atoms with van der Waals surface area (Å²) in [5.41, 5.74) is 1.36. The summed E-state index contributed by atoms with van der Waals surface area (Å²) in [4.78, 5) is 20.7. The number of nitro benzene ring substituents is 1. The number of nitrogen functional groups attached to an aromatic ring is 1. The number of rotatable bonds is 2. The number of hydrogen-bond donors (Lipinski definition) is 1. The fraction of sp³-hybridized carbons (Fsp3) is 0.222. The molecular formula is C9H7F3N2O3. The van der Waals surface area contributed by atoms with Crippen LogP contribution in [0.5, 0.6) is 0 Å². The minimum Gasteiger partial charge on any atom is -0.393 e. The van der Waals surface area contributed by atoms with E-state index in [1.807, 2.05) is 0 Å². The van der Waals surface area contributed by atoms with Crippen LogP contribution in [0.15, 0.2) is 12.1 Å². The number of halogens is 3. The van der Waals surface area contributed by atoms with Crippen molar-refractivity contribution in [3.05, 3.63) is 33.4 Å². The average molecular weight is 248 g/mol. The van der Waals surface area contributed by atoms with Gasteiger partial charge in [-0.3, -0.25) is 14.9 Å². The second kappa shape index (κ2) is 4.04. The predicted molar refractivity (Wildman–Crippen MR) is 52.5 cm³/mol. The van der Waals surface area contributed by atoms with Crippen molar-refractivity contribution in [2.45, 2.75) is 13.1 Å². The van der Waals surface area contributed by atoms with Gasteiger partial charge in [0, 0.05) is 0 Å². The zero-order valence-electron chi connectivity index (χ0n) is 8.54. The lowest BCUT2D eigenvalue weighted by molar-refractivity contribution is -0.384. The van der Waals surface area contributed by atoms with Gasteiger partial charge in [-0.15, -0.1) is 0 Å². The summed E-state index contributed by atoms with van der Waals surface area (Å²) in [5.74, 6) is -1.06. The summed E-state index contributed by atoms with van der Waals surface area (Å²) in [5, 5.41) is 10.6. The van der Waals surface area contributed by atoms with Crippen LogP contribution in [0.25, 0.3) is 0 Å². The quantitative estimate of drug-likeness (QED) is 0.377. The SMILES string of the molecule is CC(=O)c1c(C(F)(F)F)ccc(N)c1[N+](=O)[O-]. The molecule has 0 aliphatic heterocycles. The smallest absolute Gasteiger partial charge is 0.393 e. The second-order valence-electron chi connectivity index (χ2n) is 3.24. The Morgan fingerprint density at radius 3 is 2.29 bits per heavy atom. The maximum atomic E-state index is 12.6. The molecule has 0 fully saturated rings. The van der Waals surface area contributed by atoms with Crippen molar-refractivity contribution in [1.82, 2.24) is 0 Å². The Bertz CT molecular complexity index is 497. The monoisotopic (exact) mass is 248 g/mol. The molecule has 1 aromatic rings. The van der Waals surface area contributed by atoms with Gasteiger partial charge in [-0.05, 0) is 19.1 Å². The molecule has 17 heavy (non-hydrogen) atoms. The standard InChI is InChI=1S/C9H7F3N2O3/c1-4(15)7-5(9(10,11)12)2-3-6(13)8(7)14(16)17/h2-3H,13H2,1H3. The van der Waals surface area contributed by atoms with Crippen LogP contribution in [0, 0.1) is 10.1 Å². The van der Waals surface area contributed by atoms with Gasteiger partial charge in [0.25, 0.3) is 0 Å². The third-order valence-corrected chi connectivity index (χ3v) is 2.05. The number of nitro groups is 1. The molecule has 0 bridgehead atoms. The van der Waals surface area contributed by atoms with Crippen LogP contribution in [0.2, 0.25) is 0 Å². The zero-order chi connectivity index (χ0) is 13.4. The molecule has 0 unspecified atom stereocenters. The van der Waals surface area contributed by atoms with Crippen molar-refractivity contribution in [1.29, 1.82) is 0 Å². The highest BCUT2D eigenvalue weighted by atomic mass is 19.4. The van der Waals surface area contributed by atoms with Gasteiger partial charge in [-0.2, -0.15) is 13.2 Å². The van der Waals surface area contributed by atoms with Crippen molar-refractivity contribution in [2.24, 2.45) is 0 Å². The maximum absolute atomic E-state index is 12.6. The van der Waals surface area contributed by atoms with Crippen LogP contribution in [0.3, 0.4) is 0 Å². The summed E-state index contributed by atoms with van der Waals surface area (Å²) >= 11 is 0. The number of nitrogens with zero attached hydrogens (tertiary/aromatic N) is 1. The average Bonchev–Trinajstić information content (AvgIpc) is 2.14. The fourth-order valence-electron chi connectivity index (χ4n) is 1.40. The van der Waals surface area contributed by atoms with Gasteiger partial charge in [0.1, 0.15) is 11.3 Å². The lowest BCUT2D eigenvalue weighted by atomic mass is 10.0.